The van der Waals surface area contributed by atoms with E-state index in [-0.39, 0.29) is 0 Å². The normalized spacial score (nSPS) is 15.0. The molecule has 2 aromatic carbocycles. The lowest BCUT2D eigenvalue weighted by Gasteiger charge is -2.29. The number of rotatable bonds is 5. The summed E-state index contributed by atoms with van der Waals surface area (Å²) in [5, 5.41) is 3.40. The van der Waals surface area contributed by atoms with Crippen LogP contribution in [0.5, 0.6) is 0 Å². The highest BCUT2D eigenvalue weighted by Gasteiger charge is 2.09. The van der Waals surface area contributed by atoms with Crippen LogP contribution in [0.4, 0.5) is 5.69 Å². The minimum atomic E-state index is 1.01. The van der Waals surface area contributed by atoms with Crippen LogP contribution in [-0.2, 0) is 6.42 Å². The third-order valence-corrected chi connectivity index (χ3v) is 4.96. The molecule has 1 aliphatic heterocycles. The zero-order valence-electron chi connectivity index (χ0n) is 13.2. The van der Waals surface area contributed by atoms with Crippen LogP contribution in [0.2, 0.25) is 0 Å². The summed E-state index contributed by atoms with van der Waals surface area (Å²) in [7, 11) is 0. The minimum Gasteiger partial charge on any atom is -0.369 e. The van der Waals surface area contributed by atoms with E-state index in [0.29, 0.717) is 0 Å². The van der Waals surface area contributed by atoms with E-state index < -0.39 is 0 Å². The van der Waals surface area contributed by atoms with Crippen molar-refractivity contribution in [2.75, 3.05) is 36.8 Å². The number of piperazine rings is 1. The average molecular weight is 312 g/mol. The van der Waals surface area contributed by atoms with Gasteiger partial charge < -0.3 is 10.2 Å². The summed E-state index contributed by atoms with van der Waals surface area (Å²) in [5.74, 6) is 1.13. The molecule has 0 aliphatic carbocycles. The van der Waals surface area contributed by atoms with Crippen molar-refractivity contribution in [3.63, 3.8) is 0 Å². The van der Waals surface area contributed by atoms with Gasteiger partial charge >= 0.3 is 0 Å². The van der Waals surface area contributed by atoms with Crippen molar-refractivity contribution in [3.05, 3.63) is 59.7 Å². The fourth-order valence-electron chi connectivity index (χ4n) is 2.85. The monoisotopic (exact) mass is 312 g/mol. The largest absolute Gasteiger partial charge is 0.369 e. The van der Waals surface area contributed by atoms with Crippen molar-refractivity contribution in [2.24, 2.45) is 0 Å². The molecule has 1 saturated heterocycles. The molecule has 0 aromatic heterocycles. The molecule has 0 bridgehead atoms. The molecule has 0 saturated carbocycles. The molecule has 0 unspecified atom stereocenters. The summed E-state index contributed by atoms with van der Waals surface area (Å²) < 4.78 is 0. The van der Waals surface area contributed by atoms with Crippen molar-refractivity contribution in [1.29, 1.82) is 0 Å². The van der Waals surface area contributed by atoms with Crippen molar-refractivity contribution in [3.8, 4) is 0 Å². The van der Waals surface area contributed by atoms with E-state index in [0.717, 1.165) is 38.4 Å². The van der Waals surface area contributed by atoms with Gasteiger partial charge in [0.25, 0.3) is 0 Å². The van der Waals surface area contributed by atoms with E-state index in [1.54, 1.807) is 0 Å². The maximum atomic E-state index is 3.40. The molecular formula is C19H24N2S. The summed E-state index contributed by atoms with van der Waals surface area (Å²) >= 11 is 1.90. The van der Waals surface area contributed by atoms with Crippen LogP contribution in [0.3, 0.4) is 0 Å². The molecule has 0 atom stereocenters. The van der Waals surface area contributed by atoms with Gasteiger partial charge in [0.1, 0.15) is 0 Å². The SMILES string of the molecule is CCSc1ccc(Cc2ccc(N3CCNCC3)cc2)cc1. The average Bonchev–Trinajstić information content (AvgIpc) is 2.58. The fraction of sp³-hybridized carbons (Fsp3) is 0.368. The molecule has 0 radical (unpaired) electrons. The molecular weight excluding hydrogens is 288 g/mol. The first kappa shape index (κ1) is 15.4. The van der Waals surface area contributed by atoms with Gasteiger partial charge in [0.2, 0.25) is 0 Å². The van der Waals surface area contributed by atoms with Crippen LogP contribution in [0, 0.1) is 0 Å². The predicted octanol–water partition coefficient (Wildman–Crippen LogP) is 3.80. The molecule has 22 heavy (non-hydrogen) atoms. The molecule has 3 heteroatoms. The highest BCUT2D eigenvalue weighted by molar-refractivity contribution is 7.99. The van der Waals surface area contributed by atoms with E-state index in [1.165, 1.54) is 21.7 Å². The Kier molecular flexibility index (Phi) is 5.41. The predicted molar refractivity (Wildman–Crippen MR) is 97.2 cm³/mol. The second-order valence-electron chi connectivity index (χ2n) is 5.66. The van der Waals surface area contributed by atoms with Crippen LogP contribution in [0.15, 0.2) is 53.4 Å². The Morgan fingerprint density at radius 2 is 1.50 bits per heavy atom. The van der Waals surface area contributed by atoms with Gasteiger partial charge in [-0.25, -0.2) is 0 Å². The zero-order chi connectivity index (χ0) is 15.2. The molecule has 1 N–H and O–H groups in total. The standard InChI is InChI=1S/C19H24N2S/c1-2-22-19-9-5-17(6-10-19)15-16-3-7-18(8-4-16)21-13-11-20-12-14-21/h3-10,20H,2,11-15H2,1H3. The van der Waals surface area contributed by atoms with Gasteiger partial charge in [0.05, 0.1) is 0 Å². The van der Waals surface area contributed by atoms with E-state index in [9.17, 15) is 0 Å². The summed E-state index contributed by atoms with van der Waals surface area (Å²) in [6, 6.07) is 18.0. The zero-order valence-corrected chi connectivity index (χ0v) is 14.0. The van der Waals surface area contributed by atoms with Crippen LogP contribution in [0.1, 0.15) is 18.1 Å². The quantitative estimate of drug-likeness (QED) is 0.846. The fourth-order valence-corrected chi connectivity index (χ4v) is 3.52. The maximum absolute atomic E-state index is 3.40. The van der Waals surface area contributed by atoms with Crippen molar-refractivity contribution in [1.82, 2.24) is 5.32 Å². The second kappa shape index (κ2) is 7.70. The summed E-state index contributed by atoms with van der Waals surface area (Å²) in [6.07, 6.45) is 1.01. The Labute approximate surface area is 137 Å². The van der Waals surface area contributed by atoms with Crippen LogP contribution < -0.4 is 10.2 Å². The van der Waals surface area contributed by atoms with Gasteiger partial charge in [-0.15, -0.1) is 11.8 Å². The van der Waals surface area contributed by atoms with Crippen molar-refractivity contribution in [2.45, 2.75) is 18.2 Å². The number of hydrogen-bond acceptors (Lipinski definition) is 3. The molecule has 0 amide bonds. The van der Waals surface area contributed by atoms with Crippen LogP contribution in [0.25, 0.3) is 0 Å². The van der Waals surface area contributed by atoms with Gasteiger partial charge in [0.15, 0.2) is 0 Å². The minimum absolute atomic E-state index is 1.01. The lowest BCUT2D eigenvalue weighted by Crippen LogP contribution is -2.43. The smallest absolute Gasteiger partial charge is 0.0367 e. The van der Waals surface area contributed by atoms with Gasteiger partial charge in [-0.05, 0) is 47.6 Å². The van der Waals surface area contributed by atoms with E-state index >= 15 is 0 Å². The molecule has 0 spiro atoms. The number of anilines is 1. The number of nitrogens with zero attached hydrogens (tertiary/aromatic N) is 1. The molecule has 2 aromatic rings. The van der Waals surface area contributed by atoms with Crippen molar-refractivity contribution >= 4 is 17.4 Å². The van der Waals surface area contributed by atoms with Crippen LogP contribution in [-0.4, -0.2) is 31.9 Å². The topological polar surface area (TPSA) is 15.3 Å². The Hall–Kier alpha value is -1.45. The Morgan fingerprint density at radius 3 is 2.09 bits per heavy atom. The third kappa shape index (κ3) is 4.05. The maximum Gasteiger partial charge on any atom is 0.0367 e. The first-order valence-electron chi connectivity index (χ1n) is 8.11. The summed E-state index contributed by atoms with van der Waals surface area (Å²) in [4.78, 5) is 3.82. The van der Waals surface area contributed by atoms with Crippen LogP contribution >= 0.6 is 11.8 Å². The molecule has 1 aliphatic rings. The van der Waals surface area contributed by atoms with E-state index in [4.69, 9.17) is 0 Å². The first-order chi connectivity index (χ1) is 10.8. The van der Waals surface area contributed by atoms with Crippen molar-refractivity contribution < 1.29 is 0 Å². The highest BCUT2D eigenvalue weighted by Crippen LogP contribution is 2.21. The Balaban J connectivity index is 1.62. The third-order valence-electron chi connectivity index (χ3n) is 4.06. The number of thioether (sulfide) groups is 1. The van der Waals surface area contributed by atoms with E-state index in [2.05, 4.69) is 65.7 Å². The van der Waals surface area contributed by atoms with Gasteiger partial charge in [-0.2, -0.15) is 0 Å². The summed E-state index contributed by atoms with van der Waals surface area (Å²) in [6.45, 7) is 6.58. The molecule has 116 valence electrons. The number of nitrogens with one attached hydrogen (secondary N) is 1. The summed E-state index contributed by atoms with van der Waals surface area (Å²) in [5.41, 5.74) is 4.12. The lowest BCUT2D eigenvalue weighted by molar-refractivity contribution is 0.589. The highest BCUT2D eigenvalue weighted by atomic mass is 32.2. The van der Waals surface area contributed by atoms with E-state index in [1.807, 2.05) is 11.8 Å². The Morgan fingerprint density at radius 1 is 0.909 bits per heavy atom. The number of hydrogen-bond donors (Lipinski definition) is 1. The lowest BCUT2D eigenvalue weighted by atomic mass is 10.0. The first-order valence-corrected chi connectivity index (χ1v) is 9.10. The Bertz CT molecular complexity index is 571. The molecule has 1 fully saturated rings. The van der Waals surface area contributed by atoms with Gasteiger partial charge in [0, 0.05) is 36.8 Å². The molecule has 1 heterocycles. The molecule has 2 nitrogen and oxygen atoms in total. The van der Waals surface area contributed by atoms with Gasteiger partial charge in [-0.1, -0.05) is 31.2 Å². The second-order valence-corrected chi connectivity index (χ2v) is 6.99. The molecule has 3 rings (SSSR count). The number of benzene rings is 2. The van der Waals surface area contributed by atoms with Gasteiger partial charge in [-0.3, -0.25) is 0 Å².